The molecule has 8 heteroatoms. The third-order valence-corrected chi connectivity index (χ3v) is 5.50. The molecule has 1 aliphatic rings. The first-order valence-electron chi connectivity index (χ1n) is 9.49. The molecule has 0 aliphatic carbocycles. The van der Waals surface area contributed by atoms with Gasteiger partial charge in [0.1, 0.15) is 0 Å². The standard InChI is InChI=1S/C21H24Cl2N4O2/c1-15(21(29)25-19-8-7-16(22)13-18(19)23)27-11-9-26(10-12-27)14-20(28)24-17-5-3-2-4-6-17/h2-8,13,15H,9-12,14H2,1H3,(H,24,28)(H,25,29). The number of anilines is 2. The lowest BCUT2D eigenvalue weighted by Gasteiger charge is -2.37. The minimum atomic E-state index is -0.304. The summed E-state index contributed by atoms with van der Waals surface area (Å²) in [6.07, 6.45) is 0. The Kier molecular flexibility index (Phi) is 7.50. The second-order valence-electron chi connectivity index (χ2n) is 7.02. The fourth-order valence-electron chi connectivity index (χ4n) is 3.23. The molecule has 2 N–H and O–H groups in total. The molecule has 1 saturated heterocycles. The molecule has 29 heavy (non-hydrogen) atoms. The number of benzene rings is 2. The van der Waals surface area contributed by atoms with E-state index in [-0.39, 0.29) is 17.9 Å². The summed E-state index contributed by atoms with van der Waals surface area (Å²) in [6.45, 7) is 5.08. The van der Waals surface area contributed by atoms with E-state index in [1.807, 2.05) is 37.3 Å². The Morgan fingerprint density at radius 1 is 1.00 bits per heavy atom. The highest BCUT2D eigenvalue weighted by Gasteiger charge is 2.26. The van der Waals surface area contributed by atoms with Crippen LogP contribution in [0, 0.1) is 0 Å². The Morgan fingerprint density at radius 2 is 1.69 bits per heavy atom. The molecule has 0 spiro atoms. The molecule has 1 aliphatic heterocycles. The molecule has 3 rings (SSSR count). The minimum Gasteiger partial charge on any atom is -0.325 e. The van der Waals surface area contributed by atoms with Gasteiger partial charge in [0.15, 0.2) is 0 Å². The zero-order chi connectivity index (χ0) is 20.8. The van der Waals surface area contributed by atoms with Crippen LogP contribution in [0.3, 0.4) is 0 Å². The predicted octanol–water partition coefficient (Wildman–Crippen LogP) is 3.58. The summed E-state index contributed by atoms with van der Waals surface area (Å²) in [6, 6.07) is 14.1. The zero-order valence-corrected chi connectivity index (χ0v) is 17.7. The van der Waals surface area contributed by atoms with Crippen LogP contribution in [0.15, 0.2) is 48.5 Å². The second-order valence-corrected chi connectivity index (χ2v) is 7.86. The van der Waals surface area contributed by atoms with E-state index in [0.717, 1.165) is 18.8 Å². The molecule has 6 nitrogen and oxygen atoms in total. The molecule has 0 radical (unpaired) electrons. The van der Waals surface area contributed by atoms with Crippen LogP contribution < -0.4 is 10.6 Å². The van der Waals surface area contributed by atoms with Gasteiger partial charge in [-0.1, -0.05) is 41.4 Å². The van der Waals surface area contributed by atoms with Gasteiger partial charge in [0.2, 0.25) is 11.8 Å². The van der Waals surface area contributed by atoms with Crippen molar-refractivity contribution in [2.45, 2.75) is 13.0 Å². The number of hydrogen-bond acceptors (Lipinski definition) is 4. The number of nitrogens with zero attached hydrogens (tertiary/aromatic N) is 2. The van der Waals surface area contributed by atoms with Gasteiger partial charge in [-0.05, 0) is 37.3 Å². The number of halogens is 2. The average molecular weight is 435 g/mol. The van der Waals surface area contributed by atoms with Gasteiger partial charge in [-0.25, -0.2) is 0 Å². The maximum absolute atomic E-state index is 12.6. The lowest BCUT2D eigenvalue weighted by Crippen LogP contribution is -2.53. The van der Waals surface area contributed by atoms with E-state index in [0.29, 0.717) is 35.4 Å². The Morgan fingerprint density at radius 3 is 2.34 bits per heavy atom. The number of nitrogens with one attached hydrogen (secondary N) is 2. The van der Waals surface area contributed by atoms with Crippen LogP contribution in [0.5, 0.6) is 0 Å². The van der Waals surface area contributed by atoms with E-state index in [9.17, 15) is 9.59 Å². The molecule has 0 saturated carbocycles. The first kappa shape index (κ1) is 21.6. The Labute approximate surface area is 180 Å². The highest BCUT2D eigenvalue weighted by Crippen LogP contribution is 2.25. The van der Waals surface area contributed by atoms with Crippen molar-refractivity contribution in [3.63, 3.8) is 0 Å². The summed E-state index contributed by atoms with van der Waals surface area (Å²) in [7, 11) is 0. The third kappa shape index (κ3) is 6.18. The molecule has 0 aromatic heterocycles. The number of amides is 2. The van der Waals surface area contributed by atoms with E-state index >= 15 is 0 Å². The number of rotatable bonds is 6. The molecular weight excluding hydrogens is 411 g/mol. The maximum Gasteiger partial charge on any atom is 0.241 e. The van der Waals surface area contributed by atoms with Crippen molar-refractivity contribution in [3.8, 4) is 0 Å². The van der Waals surface area contributed by atoms with Crippen molar-refractivity contribution in [1.29, 1.82) is 0 Å². The average Bonchev–Trinajstić information content (AvgIpc) is 2.70. The van der Waals surface area contributed by atoms with E-state index in [4.69, 9.17) is 23.2 Å². The Hall–Kier alpha value is -2.12. The lowest BCUT2D eigenvalue weighted by atomic mass is 10.2. The Bertz CT molecular complexity index is 855. The predicted molar refractivity (Wildman–Crippen MR) is 118 cm³/mol. The van der Waals surface area contributed by atoms with E-state index in [1.54, 1.807) is 18.2 Å². The number of hydrogen-bond donors (Lipinski definition) is 2. The van der Waals surface area contributed by atoms with Crippen molar-refractivity contribution < 1.29 is 9.59 Å². The highest BCUT2D eigenvalue weighted by atomic mass is 35.5. The molecule has 0 bridgehead atoms. The largest absolute Gasteiger partial charge is 0.325 e. The van der Waals surface area contributed by atoms with Crippen LogP contribution in [0.2, 0.25) is 10.0 Å². The molecule has 1 atom stereocenters. The van der Waals surface area contributed by atoms with Crippen LogP contribution in [0.25, 0.3) is 0 Å². The molecule has 2 amide bonds. The third-order valence-electron chi connectivity index (χ3n) is 4.95. The molecule has 154 valence electrons. The van der Waals surface area contributed by atoms with Gasteiger partial charge in [0.05, 0.1) is 23.3 Å². The fraction of sp³-hybridized carbons (Fsp3) is 0.333. The van der Waals surface area contributed by atoms with E-state index in [2.05, 4.69) is 20.4 Å². The van der Waals surface area contributed by atoms with Gasteiger partial charge < -0.3 is 10.6 Å². The fourth-order valence-corrected chi connectivity index (χ4v) is 3.68. The summed E-state index contributed by atoms with van der Waals surface area (Å²) in [5.74, 6) is -0.155. The highest BCUT2D eigenvalue weighted by molar-refractivity contribution is 6.36. The van der Waals surface area contributed by atoms with Gasteiger partial charge in [-0.2, -0.15) is 0 Å². The summed E-state index contributed by atoms with van der Waals surface area (Å²) in [4.78, 5) is 29.0. The van der Waals surface area contributed by atoms with E-state index in [1.165, 1.54) is 0 Å². The van der Waals surface area contributed by atoms with Crippen LogP contribution in [-0.2, 0) is 9.59 Å². The smallest absolute Gasteiger partial charge is 0.241 e. The van der Waals surface area contributed by atoms with E-state index < -0.39 is 0 Å². The van der Waals surface area contributed by atoms with Gasteiger partial charge in [0.25, 0.3) is 0 Å². The normalized spacial score (nSPS) is 16.2. The first-order valence-corrected chi connectivity index (χ1v) is 10.2. The molecule has 1 fully saturated rings. The Balaban J connectivity index is 1.45. The van der Waals surface area contributed by atoms with Crippen molar-refractivity contribution in [1.82, 2.24) is 9.80 Å². The first-order chi connectivity index (χ1) is 13.9. The number of piperazine rings is 1. The van der Waals surface area contributed by atoms with Crippen molar-refractivity contribution >= 4 is 46.4 Å². The molecule has 1 unspecified atom stereocenters. The van der Waals surface area contributed by atoms with Crippen molar-refractivity contribution in [2.75, 3.05) is 43.4 Å². The monoisotopic (exact) mass is 434 g/mol. The summed E-state index contributed by atoms with van der Waals surface area (Å²) < 4.78 is 0. The number of para-hydroxylation sites is 1. The van der Waals surface area contributed by atoms with Crippen LogP contribution in [-0.4, -0.2) is 60.4 Å². The quantitative estimate of drug-likeness (QED) is 0.728. The molecule has 2 aromatic carbocycles. The maximum atomic E-state index is 12.6. The van der Waals surface area contributed by atoms with Crippen LogP contribution in [0.4, 0.5) is 11.4 Å². The minimum absolute atomic E-state index is 0.0344. The van der Waals surface area contributed by atoms with Gasteiger partial charge >= 0.3 is 0 Å². The van der Waals surface area contributed by atoms with Gasteiger partial charge in [0, 0.05) is 36.9 Å². The molecule has 2 aromatic rings. The van der Waals surface area contributed by atoms with Crippen LogP contribution >= 0.6 is 23.2 Å². The summed E-state index contributed by atoms with van der Waals surface area (Å²) in [5.41, 5.74) is 1.34. The molecule has 1 heterocycles. The number of carbonyl (C=O) groups is 2. The van der Waals surface area contributed by atoms with Gasteiger partial charge in [-0.3, -0.25) is 19.4 Å². The SMILES string of the molecule is CC(C(=O)Nc1ccc(Cl)cc1Cl)N1CCN(CC(=O)Nc2ccccc2)CC1. The lowest BCUT2D eigenvalue weighted by molar-refractivity contribution is -0.122. The summed E-state index contributed by atoms with van der Waals surface area (Å²) in [5, 5.41) is 6.69. The van der Waals surface area contributed by atoms with Gasteiger partial charge in [-0.15, -0.1) is 0 Å². The summed E-state index contributed by atoms with van der Waals surface area (Å²) >= 11 is 12.0. The van der Waals surface area contributed by atoms with Crippen molar-refractivity contribution in [3.05, 3.63) is 58.6 Å². The number of carbonyl (C=O) groups excluding carboxylic acids is 2. The van der Waals surface area contributed by atoms with Crippen molar-refractivity contribution in [2.24, 2.45) is 0 Å². The molecular formula is C21H24Cl2N4O2. The second kappa shape index (κ2) is 10.1. The van der Waals surface area contributed by atoms with Crippen LogP contribution in [0.1, 0.15) is 6.92 Å². The topological polar surface area (TPSA) is 64.7 Å². The zero-order valence-electron chi connectivity index (χ0n) is 16.2.